The number of methoxy groups -OCH3 is 1. The second-order valence-corrected chi connectivity index (χ2v) is 7.99. The molecular formula is C23H25N3O4S. The van der Waals surface area contributed by atoms with Crippen molar-refractivity contribution in [3.8, 4) is 0 Å². The van der Waals surface area contributed by atoms with Crippen LogP contribution in [0.4, 0.5) is 0 Å². The van der Waals surface area contributed by atoms with E-state index in [1.165, 1.54) is 19.4 Å². The number of aromatic nitrogens is 3. The number of imidazole rings is 1. The first-order valence-corrected chi connectivity index (χ1v) is 10.9. The monoisotopic (exact) mass is 439 g/mol. The lowest BCUT2D eigenvalue weighted by atomic mass is 10.0. The molecule has 0 aliphatic heterocycles. The van der Waals surface area contributed by atoms with Gasteiger partial charge in [0.25, 0.3) is 0 Å². The van der Waals surface area contributed by atoms with E-state index >= 15 is 0 Å². The zero-order valence-electron chi connectivity index (χ0n) is 17.5. The van der Waals surface area contributed by atoms with Gasteiger partial charge >= 0.3 is 11.9 Å². The summed E-state index contributed by atoms with van der Waals surface area (Å²) in [6.45, 7) is 2.60. The Bertz CT molecular complexity index is 1040. The molecule has 0 amide bonds. The number of allylic oxidation sites excluding steroid dienone is 1. The maximum Gasteiger partial charge on any atom is 0.339 e. The van der Waals surface area contributed by atoms with Crippen LogP contribution in [0.2, 0.25) is 0 Å². The van der Waals surface area contributed by atoms with Crippen LogP contribution in [0.5, 0.6) is 0 Å². The van der Waals surface area contributed by atoms with Gasteiger partial charge in [-0.1, -0.05) is 25.5 Å². The van der Waals surface area contributed by atoms with E-state index in [1.54, 1.807) is 29.5 Å². The first-order valence-electron chi connectivity index (χ1n) is 10.1. The van der Waals surface area contributed by atoms with Crippen LogP contribution in [0.15, 0.2) is 54.2 Å². The lowest BCUT2D eigenvalue weighted by Crippen LogP contribution is -2.13. The second kappa shape index (κ2) is 10.7. The maximum absolute atomic E-state index is 11.7. The highest BCUT2D eigenvalue weighted by molar-refractivity contribution is 7.10. The highest BCUT2D eigenvalue weighted by atomic mass is 32.1. The molecule has 0 saturated carbocycles. The Labute approximate surface area is 185 Å². The minimum atomic E-state index is -0.987. The molecule has 1 atom stereocenters. The summed E-state index contributed by atoms with van der Waals surface area (Å²) in [5, 5.41) is 11.1. The number of carbonyl (C=O) groups is 2. The number of nitrogens with zero attached hydrogens (tertiary/aromatic N) is 3. The van der Waals surface area contributed by atoms with Gasteiger partial charge in [0.05, 0.1) is 36.5 Å². The SMILES string of the molecule is CCCCc1ncc(C(/C=C/C(=O)O)c2cccs2)n1Cc1ccc(C(=O)OC)cn1. The van der Waals surface area contributed by atoms with Gasteiger partial charge in [-0.25, -0.2) is 14.6 Å². The number of esters is 1. The van der Waals surface area contributed by atoms with Gasteiger partial charge in [0.1, 0.15) is 5.82 Å². The Hall–Kier alpha value is -3.26. The molecule has 7 nitrogen and oxygen atoms in total. The molecule has 0 bridgehead atoms. The van der Waals surface area contributed by atoms with Gasteiger partial charge in [0.2, 0.25) is 0 Å². The Morgan fingerprint density at radius 2 is 2.10 bits per heavy atom. The first-order chi connectivity index (χ1) is 15.0. The van der Waals surface area contributed by atoms with Gasteiger partial charge in [-0.05, 0) is 30.0 Å². The van der Waals surface area contributed by atoms with Gasteiger partial charge < -0.3 is 14.4 Å². The summed E-state index contributed by atoms with van der Waals surface area (Å²) in [5.41, 5.74) is 2.07. The van der Waals surface area contributed by atoms with Gasteiger partial charge in [0.15, 0.2) is 0 Å². The van der Waals surface area contributed by atoms with Crippen molar-refractivity contribution < 1.29 is 19.4 Å². The number of carboxylic acid groups (broad SMARTS) is 1. The van der Waals surface area contributed by atoms with E-state index in [1.807, 2.05) is 23.7 Å². The standard InChI is InChI=1S/C23H25N3O4S/c1-3-4-7-21-25-14-19(18(10-11-22(27)28)20-6-5-12-31-20)26(21)15-17-9-8-16(13-24-17)23(29)30-2/h5-6,8-14,18H,3-4,7,15H2,1-2H3,(H,27,28)/b11-10+. The number of aryl methyl sites for hydroxylation is 1. The summed E-state index contributed by atoms with van der Waals surface area (Å²) in [5.74, 6) is -0.712. The third-order valence-electron chi connectivity index (χ3n) is 4.89. The molecule has 1 unspecified atom stereocenters. The average molecular weight is 440 g/mol. The van der Waals surface area contributed by atoms with E-state index in [-0.39, 0.29) is 5.92 Å². The number of carbonyl (C=O) groups excluding carboxylic acids is 1. The highest BCUT2D eigenvalue weighted by Gasteiger charge is 2.21. The molecule has 31 heavy (non-hydrogen) atoms. The molecule has 162 valence electrons. The van der Waals surface area contributed by atoms with Gasteiger partial charge in [-0.15, -0.1) is 11.3 Å². The third kappa shape index (κ3) is 5.67. The number of hydrogen-bond donors (Lipinski definition) is 1. The predicted molar refractivity (Wildman–Crippen MR) is 118 cm³/mol. The average Bonchev–Trinajstić information content (AvgIpc) is 3.43. The van der Waals surface area contributed by atoms with E-state index in [2.05, 4.69) is 21.5 Å². The normalized spacial score (nSPS) is 12.2. The van der Waals surface area contributed by atoms with Crippen molar-refractivity contribution in [3.05, 3.63) is 81.8 Å². The van der Waals surface area contributed by atoms with Gasteiger partial charge in [-0.2, -0.15) is 0 Å². The number of hydrogen-bond acceptors (Lipinski definition) is 6. The predicted octanol–water partition coefficient (Wildman–Crippen LogP) is 4.29. The fourth-order valence-electron chi connectivity index (χ4n) is 3.30. The Morgan fingerprint density at radius 1 is 1.26 bits per heavy atom. The summed E-state index contributed by atoms with van der Waals surface area (Å²) < 4.78 is 6.84. The Balaban J connectivity index is 1.99. The van der Waals surface area contributed by atoms with E-state index < -0.39 is 11.9 Å². The second-order valence-electron chi connectivity index (χ2n) is 7.01. The molecule has 0 fully saturated rings. The van der Waals surface area contributed by atoms with Crippen molar-refractivity contribution in [2.45, 2.75) is 38.6 Å². The van der Waals surface area contributed by atoms with E-state index in [9.17, 15) is 14.7 Å². The van der Waals surface area contributed by atoms with Crippen LogP contribution in [-0.4, -0.2) is 38.7 Å². The smallest absolute Gasteiger partial charge is 0.339 e. The molecule has 0 radical (unpaired) electrons. The minimum Gasteiger partial charge on any atom is -0.478 e. The molecule has 3 aromatic heterocycles. The molecule has 0 aliphatic rings. The lowest BCUT2D eigenvalue weighted by molar-refractivity contribution is -0.131. The number of aliphatic carboxylic acids is 1. The van der Waals surface area contributed by atoms with E-state index in [0.29, 0.717) is 12.1 Å². The van der Waals surface area contributed by atoms with Crippen molar-refractivity contribution >= 4 is 23.3 Å². The largest absolute Gasteiger partial charge is 0.478 e. The number of rotatable bonds is 10. The van der Waals surface area contributed by atoms with Crippen LogP contribution in [0.1, 0.15) is 58.1 Å². The Morgan fingerprint density at radius 3 is 2.71 bits per heavy atom. The number of ether oxygens (including phenoxy) is 1. The lowest BCUT2D eigenvalue weighted by Gasteiger charge is -2.17. The summed E-state index contributed by atoms with van der Waals surface area (Å²) in [6.07, 6.45) is 9.06. The Kier molecular flexibility index (Phi) is 7.72. The summed E-state index contributed by atoms with van der Waals surface area (Å²) in [4.78, 5) is 33.0. The van der Waals surface area contributed by atoms with Crippen LogP contribution in [0, 0.1) is 0 Å². The molecule has 0 saturated heterocycles. The first kappa shape index (κ1) is 22.4. The molecule has 0 aromatic carbocycles. The van der Waals surface area contributed by atoms with Crippen LogP contribution in [-0.2, 0) is 22.5 Å². The third-order valence-corrected chi connectivity index (χ3v) is 5.84. The van der Waals surface area contributed by atoms with Crippen LogP contribution < -0.4 is 0 Å². The van der Waals surface area contributed by atoms with Crippen LogP contribution in [0.3, 0.4) is 0 Å². The number of thiophene rings is 1. The maximum atomic E-state index is 11.7. The zero-order valence-corrected chi connectivity index (χ0v) is 18.3. The number of carboxylic acids is 1. The summed E-state index contributed by atoms with van der Waals surface area (Å²) >= 11 is 1.58. The molecule has 1 N–H and O–H groups in total. The fraction of sp³-hybridized carbons (Fsp3) is 0.304. The van der Waals surface area contributed by atoms with Crippen molar-refractivity contribution in [2.75, 3.05) is 7.11 Å². The van der Waals surface area contributed by atoms with Gasteiger partial charge in [-0.3, -0.25) is 4.98 Å². The van der Waals surface area contributed by atoms with Crippen LogP contribution in [0.25, 0.3) is 0 Å². The van der Waals surface area contributed by atoms with Gasteiger partial charge in [0, 0.05) is 29.8 Å². The molecule has 3 heterocycles. The van der Waals surface area contributed by atoms with E-state index in [0.717, 1.165) is 41.4 Å². The molecular weight excluding hydrogens is 414 g/mol. The number of unbranched alkanes of at least 4 members (excludes halogenated alkanes) is 1. The highest BCUT2D eigenvalue weighted by Crippen LogP contribution is 2.31. The van der Waals surface area contributed by atoms with Crippen LogP contribution >= 0.6 is 11.3 Å². The molecule has 8 heteroatoms. The minimum absolute atomic E-state index is 0.228. The van der Waals surface area contributed by atoms with E-state index in [4.69, 9.17) is 4.74 Å². The molecule has 0 spiro atoms. The topological polar surface area (TPSA) is 94.3 Å². The fourth-order valence-corrected chi connectivity index (χ4v) is 4.12. The molecule has 3 aromatic rings. The van der Waals surface area contributed by atoms with Crippen molar-refractivity contribution in [3.63, 3.8) is 0 Å². The van der Waals surface area contributed by atoms with Crippen molar-refractivity contribution in [1.82, 2.24) is 14.5 Å². The van der Waals surface area contributed by atoms with Crippen molar-refractivity contribution in [1.29, 1.82) is 0 Å². The van der Waals surface area contributed by atoms with Crippen molar-refractivity contribution in [2.24, 2.45) is 0 Å². The zero-order chi connectivity index (χ0) is 22.2. The molecule has 0 aliphatic carbocycles. The molecule has 3 rings (SSSR count). The number of pyridine rings is 1. The summed E-state index contributed by atoms with van der Waals surface area (Å²) in [7, 11) is 1.34. The summed E-state index contributed by atoms with van der Waals surface area (Å²) in [6, 6.07) is 7.44. The quantitative estimate of drug-likeness (QED) is 0.374.